The average Bonchev–Trinajstić information content (AvgIpc) is 3.40. The van der Waals surface area contributed by atoms with E-state index >= 15 is 0 Å². The Labute approximate surface area is 314 Å². The van der Waals surface area contributed by atoms with E-state index in [0.29, 0.717) is 32.5 Å². The number of hydrogen-bond acceptors (Lipinski definition) is 8. The summed E-state index contributed by atoms with van der Waals surface area (Å²) in [6, 6.07) is 9.26. The molecule has 2 aromatic carbocycles. The number of nitrogens with one attached hydrogen (secondary N) is 1. The fraction of sp³-hybridized carbons (Fsp3) is 0.513. The Morgan fingerprint density at radius 3 is 2.11 bits per heavy atom. The molecule has 2 aliphatic rings. The summed E-state index contributed by atoms with van der Waals surface area (Å²) in [5, 5.41) is 2.79. The second-order valence-corrected chi connectivity index (χ2v) is 18.7. The first kappa shape index (κ1) is 41.9. The van der Waals surface area contributed by atoms with Crippen LogP contribution in [0, 0.1) is 5.41 Å². The molecule has 4 rings (SSSR count). The minimum atomic E-state index is -4.43. The SMILES string of the molecule is CCN1/C(=C/C=C/C2=[N+](CCCCCC(=O)NCCC(=O)OCC(C)(C)C)c3ccc(S(=O)(=O)O)cc3C2(C)C)C(C)(C)c2cc(S(=O)(=O)O)ccc21. The molecule has 0 spiro atoms. The lowest BCUT2D eigenvalue weighted by molar-refractivity contribution is -0.438. The van der Waals surface area contributed by atoms with Crippen molar-refractivity contribution < 1.29 is 44.8 Å². The number of carbonyl (C=O) groups excluding carboxylic acids is 2. The van der Waals surface area contributed by atoms with E-state index in [0.717, 1.165) is 46.8 Å². The second kappa shape index (κ2) is 15.9. The van der Waals surface area contributed by atoms with Crippen molar-refractivity contribution in [2.24, 2.45) is 5.41 Å². The van der Waals surface area contributed by atoms with Gasteiger partial charge in [-0.3, -0.25) is 18.7 Å². The van der Waals surface area contributed by atoms with Crippen LogP contribution < -0.4 is 10.2 Å². The normalized spacial score (nSPS) is 17.4. The van der Waals surface area contributed by atoms with Gasteiger partial charge in [-0.25, -0.2) is 0 Å². The molecule has 3 N–H and O–H groups in total. The van der Waals surface area contributed by atoms with Gasteiger partial charge in [-0.1, -0.05) is 40.7 Å². The van der Waals surface area contributed by atoms with Crippen LogP contribution in [0.25, 0.3) is 0 Å². The zero-order valence-electron chi connectivity index (χ0n) is 32.0. The van der Waals surface area contributed by atoms with E-state index in [2.05, 4.69) is 14.8 Å². The van der Waals surface area contributed by atoms with Crippen molar-refractivity contribution in [3.05, 3.63) is 71.5 Å². The van der Waals surface area contributed by atoms with Crippen molar-refractivity contribution in [2.75, 3.05) is 31.1 Å². The first-order valence-electron chi connectivity index (χ1n) is 18.0. The summed E-state index contributed by atoms with van der Waals surface area (Å²) < 4.78 is 74.9. The molecule has 2 aromatic rings. The molecule has 0 unspecified atom stereocenters. The number of unbranched alkanes of at least 4 members (excludes halogenated alkanes) is 2. The van der Waals surface area contributed by atoms with Crippen LogP contribution in [-0.4, -0.2) is 74.3 Å². The topological polar surface area (TPSA) is 170 Å². The Hall–Kier alpha value is -3.85. The van der Waals surface area contributed by atoms with Gasteiger partial charge in [0.2, 0.25) is 11.6 Å². The maximum Gasteiger partial charge on any atom is 0.307 e. The van der Waals surface area contributed by atoms with Gasteiger partial charge in [0.15, 0.2) is 5.71 Å². The summed E-state index contributed by atoms with van der Waals surface area (Å²) in [6.45, 7) is 17.7. The number of anilines is 1. The quantitative estimate of drug-likeness (QED) is 0.0789. The zero-order valence-corrected chi connectivity index (χ0v) is 33.7. The first-order valence-corrected chi connectivity index (χ1v) is 20.8. The highest BCUT2D eigenvalue weighted by atomic mass is 32.2. The van der Waals surface area contributed by atoms with E-state index in [1.165, 1.54) is 24.3 Å². The van der Waals surface area contributed by atoms with Crippen LogP contribution >= 0.6 is 0 Å². The predicted molar refractivity (Wildman–Crippen MR) is 205 cm³/mol. The lowest BCUT2D eigenvalue weighted by Gasteiger charge is -2.25. The van der Waals surface area contributed by atoms with Crippen molar-refractivity contribution in [1.29, 1.82) is 0 Å². The summed E-state index contributed by atoms with van der Waals surface area (Å²) >= 11 is 0. The summed E-state index contributed by atoms with van der Waals surface area (Å²) in [5.41, 5.74) is 3.73. The van der Waals surface area contributed by atoms with Crippen molar-refractivity contribution in [3.8, 4) is 0 Å². The molecule has 0 atom stereocenters. The number of nitrogens with zero attached hydrogens (tertiary/aromatic N) is 2. The standard InChI is InChI=1S/C39H53N3O9S2/c1-9-41-31-19-17-27(52(45,46)47)24-29(31)38(5,6)33(41)14-13-15-34-39(7,8)30-25-28(53(48,49)50)18-20-32(30)42(34)23-12-10-11-16-35(43)40-22-21-36(44)51-26-37(2,3)4/h13-15,17-20,24-25H,9-12,16,21-23,26H2,1-8H3,(H2-,40,43,45,46,47,48,49,50)/p+1. The number of allylic oxidation sites excluding steroid dienone is 4. The van der Waals surface area contributed by atoms with Crippen molar-refractivity contribution >= 4 is 49.2 Å². The number of benzene rings is 2. The molecule has 0 fully saturated rings. The Balaban J connectivity index is 1.52. The highest BCUT2D eigenvalue weighted by Crippen LogP contribution is 2.48. The van der Waals surface area contributed by atoms with Gasteiger partial charge < -0.3 is 15.0 Å². The zero-order chi connectivity index (χ0) is 39.6. The van der Waals surface area contributed by atoms with Gasteiger partial charge >= 0.3 is 5.97 Å². The summed E-state index contributed by atoms with van der Waals surface area (Å²) in [7, 11) is -8.81. The number of fused-ring (bicyclic) bond motifs is 2. The number of amides is 1. The molecule has 290 valence electrons. The minimum absolute atomic E-state index is 0.115. The number of hydrogen-bond donors (Lipinski definition) is 3. The largest absolute Gasteiger partial charge is 0.465 e. The number of likely N-dealkylation sites (N-methyl/N-ethyl adjacent to an activating group) is 1. The van der Waals surface area contributed by atoms with Crippen molar-refractivity contribution in [1.82, 2.24) is 5.32 Å². The molecular formula is C39H54N3O9S2+. The van der Waals surface area contributed by atoms with Crippen LogP contribution in [0.3, 0.4) is 0 Å². The van der Waals surface area contributed by atoms with E-state index in [4.69, 9.17) is 4.74 Å². The molecule has 12 nitrogen and oxygen atoms in total. The van der Waals surface area contributed by atoms with E-state index in [1.54, 1.807) is 12.1 Å². The third-order valence-electron chi connectivity index (χ3n) is 9.75. The number of esters is 1. The maximum atomic E-state index is 12.4. The van der Waals surface area contributed by atoms with Crippen LogP contribution in [0.5, 0.6) is 0 Å². The average molecular weight is 773 g/mol. The Kier molecular flexibility index (Phi) is 12.5. The molecule has 0 aliphatic carbocycles. The number of ether oxygens (including phenoxy) is 1. The molecule has 2 heterocycles. The fourth-order valence-electron chi connectivity index (χ4n) is 6.94. The van der Waals surface area contributed by atoms with Gasteiger partial charge in [0.25, 0.3) is 20.2 Å². The molecule has 53 heavy (non-hydrogen) atoms. The van der Waals surface area contributed by atoms with Crippen LogP contribution in [0.4, 0.5) is 11.4 Å². The lowest BCUT2D eigenvalue weighted by atomic mass is 9.81. The highest BCUT2D eigenvalue weighted by Gasteiger charge is 2.45. The Morgan fingerprint density at radius 1 is 0.887 bits per heavy atom. The smallest absolute Gasteiger partial charge is 0.307 e. The summed E-state index contributed by atoms with van der Waals surface area (Å²) in [5.74, 6) is -0.474. The van der Waals surface area contributed by atoms with Crippen molar-refractivity contribution in [2.45, 2.75) is 108 Å². The third kappa shape index (κ3) is 9.83. The Bertz CT molecular complexity index is 2060. The highest BCUT2D eigenvalue weighted by molar-refractivity contribution is 7.86. The van der Waals surface area contributed by atoms with E-state index in [-0.39, 0.29) is 40.0 Å². The van der Waals surface area contributed by atoms with Crippen LogP contribution in [-0.2, 0) is 45.4 Å². The van der Waals surface area contributed by atoms with E-state index < -0.39 is 31.1 Å². The molecule has 1 amide bonds. The van der Waals surface area contributed by atoms with Crippen LogP contribution in [0.2, 0.25) is 0 Å². The molecule has 2 aliphatic heterocycles. The maximum absolute atomic E-state index is 12.4. The lowest BCUT2D eigenvalue weighted by Crippen LogP contribution is -2.28. The van der Waals surface area contributed by atoms with Crippen LogP contribution in [0.1, 0.15) is 98.6 Å². The summed E-state index contributed by atoms with van der Waals surface area (Å²) in [6.07, 6.45) is 8.50. The number of carbonyl (C=O) groups is 2. The monoisotopic (exact) mass is 772 g/mol. The van der Waals surface area contributed by atoms with Gasteiger partial charge in [-0.05, 0) is 81.0 Å². The number of rotatable bonds is 15. The van der Waals surface area contributed by atoms with E-state index in [9.17, 15) is 35.5 Å². The molecule has 0 bridgehead atoms. The first-order chi connectivity index (χ1) is 24.5. The fourth-order valence-corrected chi connectivity index (χ4v) is 7.95. The van der Waals surface area contributed by atoms with Gasteiger partial charge in [-0.2, -0.15) is 21.4 Å². The van der Waals surface area contributed by atoms with Gasteiger partial charge in [0.05, 0.1) is 28.2 Å². The molecule has 0 saturated carbocycles. The second-order valence-electron chi connectivity index (χ2n) is 15.9. The van der Waals surface area contributed by atoms with Gasteiger partial charge in [0, 0.05) is 60.4 Å². The van der Waals surface area contributed by atoms with Crippen LogP contribution in [0.15, 0.2) is 70.1 Å². The third-order valence-corrected chi connectivity index (χ3v) is 11.4. The van der Waals surface area contributed by atoms with Crippen molar-refractivity contribution in [3.63, 3.8) is 0 Å². The van der Waals surface area contributed by atoms with Gasteiger partial charge in [-0.15, -0.1) is 0 Å². The molecular weight excluding hydrogens is 719 g/mol. The summed E-state index contributed by atoms with van der Waals surface area (Å²) in [4.78, 5) is 26.1. The molecule has 14 heteroatoms. The molecule has 0 saturated heterocycles. The molecule has 0 aromatic heterocycles. The molecule has 0 radical (unpaired) electrons. The van der Waals surface area contributed by atoms with E-state index in [1.807, 2.05) is 73.6 Å². The van der Waals surface area contributed by atoms with Gasteiger partial charge in [0.1, 0.15) is 6.54 Å². The minimum Gasteiger partial charge on any atom is -0.465 e. The predicted octanol–water partition coefficient (Wildman–Crippen LogP) is 6.47. The Morgan fingerprint density at radius 2 is 1.51 bits per heavy atom.